The number of nitrogens with zero attached hydrogens (tertiary/aromatic N) is 1. The molecule has 2 aliphatic carbocycles. The van der Waals surface area contributed by atoms with Crippen molar-refractivity contribution in [2.24, 2.45) is 11.8 Å². The van der Waals surface area contributed by atoms with Gasteiger partial charge in [-0.3, -0.25) is 9.59 Å². The van der Waals surface area contributed by atoms with Gasteiger partial charge in [0.15, 0.2) is 11.6 Å². The van der Waals surface area contributed by atoms with Gasteiger partial charge in [-0.25, -0.2) is 4.39 Å². The van der Waals surface area contributed by atoms with Gasteiger partial charge in [0.1, 0.15) is 0 Å². The monoisotopic (exact) mass is 388 g/mol. The molecule has 2 atom stereocenters. The molecular weight excluding hydrogens is 359 g/mol. The number of allylic oxidation sites excluding steroid dienone is 1. The highest BCUT2D eigenvalue weighted by atomic mass is 19.1. The van der Waals surface area contributed by atoms with Crippen molar-refractivity contribution in [2.75, 3.05) is 11.9 Å². The van der Waals surface area contributed by atoms with Crippen LogP contribution in [0.1, 0.15) is 64.5 Å². The van der Waals surface area contributed by atoms with Gasteiger partial charge in [0.05, 0.1) is 30.3 Å². The van der Waals surface area contributed by atoms with Crippen LogP contribution in [-0.4, -0.2) is 29.0 Å². The van der Waals surface area contributed by atoms with Crippen LogP contribution in [0, 0.1) is 17.7 Å². The van der Waals surface area contributed by atoms with Crippen molar-refractivity contribution in [1.82, 2.24) is 4.57 Å². The van der Waals surface area contributed by atoms with E-state index >= 15 is 4.39 Å². The van der Waals surface area contributed by atoms with Crippen molar-refractivity contribution in [1.29, 1.82) is 0 Å². The molecule has 4 rings (SSSR count). The lowest BCUT2D eigenvalue weighted by atomic mass is 9.76. The summed E-state index contributed by atoms with van der Waals surface area (Å²) in [6.07, 6.45) is 8.85. The Labute approximate surface area is 165 Å². The second-order valence-electron chi connectivity index (χ2n) is 8.33. The van der Waals surface area contributed by atoms with Crippen LogP contribution in [-0.2, 0) is 20.7 Å². The first-order chi connectivity index (χ1) is 13.5. The maximum atomic E-state index is 15.2. The Bertz CT molecular complexity index is 820. The molecule has 28 heavy (non-hydrogen) atoms. The molecule has 1 fully saturated rings. The Morgan fingerprint density at radius 1 is 1.25 bits per heavy atom. The van der Waals surface area contributed by atoms with Crippen molar-refractivity contribution < 1.29 is 18.7 Å². The molecule has 2 heterocycles. The molecule has 152 valence electrons. The van der Waals surface area contributed by atoms with Crippen LogP contribution in [0.3, 0.4) is 0 Å². The minimum Gasteiger partial charge on any atom is -0.466 e. The highest BCUT2D eigenvalue weighted by molar-refractivity contribution is 6.08. The lowest BCUT2D eigenvalue weighted by Gasteiger charge is -2.34. The number of nitrogens with one attached hydrogen (secondary N) is 1. The van der Waals surface area contributed by atoms with E-state index in [1.54, 1.807) is 13.1 Å². The van der Waals surface area contributed by atoms with Crippen LogP contribution < -0.4 is 5.32 Å². The Morgan fingerprint density at radius 2 is 2.00 bits per heavy atom. The molecule has 0 saturated heterocycles. The second kappa shape index (κ2) is 7.72. The molecule has 3 aliphatic rings. The van der Waals surface area contributed by atoms with Gasteiger partial charge in [0, 0.05) is 23.5 Å². The number of anilines is 1. The summed E-state index contributed by atoms with van der Waals surface area (Å²) in [6, 6.07) is 0.285. The molecule has 0 aromatic carbocycles. The van der Waals surface area contributed by atoms with Crippen molar-refractivity contribution in [3.05, 3.63) is 23.3 Å². The minimum absolute atomic E-state index is 0.000359. The van der Waals surface area contributed by atoms with Crippen molar-refractivity contribution in [3.63, 3.8) is 0 Å². The van der Waals surface area contributed by atoms with Crippen LogP contribution >= 0.6 is 0 Å². The largest absolute Gasteiger partial charge is 0.466 e. The van der Waals surface area contributed by atoms with E-state index in [0.29, 0.717) is 30.0 Å². The van der Waals surface area contributed by atoms with Gasteiger partial charge >= 0.3 is 5.97 Å². The summed E-state index contributed by atoms with van der Waals surface area (Å²) in [5.41, 5.74) is 2.21. The number of halogens is 1. The molecule has 1 aromatic heterocycles. The first-order valence-electron chi connectivity index (χ1n) is 10.6. The predicted octanol–water partition coefficient (Wildman–Crippen LogP) is 4.32. The number of hydrogen-bond acceptors (Lipinski definition) is 4. The second-order valence-corrected chi connectivity index (χ2v) is 8.33. The molecule has 6 heteroatoms. The summed E-state index contributed by atoms with van der Waals surface area (Å²) >= 11 is 0. The Kier molecular flexibility index (Phi) is 5.30. The predicted molar refractivity (Wildman–Crippen MR) is 105 cm³/mol. The third-order valence-electron chi connectivity index (χ3n) is 6.44. The first kappa shape index (κ1) is 19.2. The van der Waals surface area contributed by atoms with E-state index in [-0.39, 0.29) is 36.0 Å². The van der Waals surface area contributed by atoms with E-state index in [1.165, 1.54) is 19.3 Å². The summed E-state index contributed by atoms with van der Waals surface area (Å²) in [5, 5.41) is 3.36. The summed E-state index contributed by atoms with van der Waals surface area (Å²) in [6.45, 7) is 4.11. The maximum Gasteiger partial charge on any atom is 0.313 e. The number of rotatable bonds is 4. The smallest absolute Gasteiger partial charge is 0.313 e. The summed E-state index contributed by atoms with van der Waals surface area (Å²) in [4.78, 5) is 25.4. The molecule has 0 spiro atoms. The van der Waals surface area contributed by atoms with Crippen molar-refractivity contribution in [2.45, 2.75) is 71.3 Å². The van der Waals surface area contributed by atoms with Gasteiger partial charge in [0.25, 0.3) is 0 Å². The average Bonchev–Trinajstić information content (AvgIpc) is 2.99. The molecule has 5 nitrogen and oxygen atoms in total. The lowest BCUT2D eigenvalue weighted by Crippen LogP contribution is -2.35. The number of fused-ring (bicyclic) bond motifs is 2. The first-order valence-corrected chi connectivity index (χ1v) is 10.6. The van der Waals surface area contributed by atoms with E-state index in [0.717, 1.165) is 25.0 Å². The van der Waals surface area contributed by atoms with Gasteiger partial charge in [-0.05, 0) is 38.5 Å². The average molecular weight is 388 g/mol. The molecule has 1 saturated carbocycles. The number of hydrogen-bond donors (Lipinski definition) is 1. The van der Waals surface area contributed by atoms with Crippen LogP contribution in [0.15, 0.2) is 11.8 Å². The van der Waals surface area contributed by atoms with Gasteiger partial charge in [-0.15, -0.1) is 0 Å². The van der Waals surface area contributed by atoms with Crippen LogP contribution in [0.4, 0.5) is 10.1 Å². The minimum atomic E-state index is -0.535. The quantitative estimate of drug-likeness (QED) is 0.781. The fourth-order valence-electron chi connectivity index (χ4n) is 5.04. The van der Waals surface area contributed by atoms with Crippen LogP contribution in [0.5, 0.6) is 0 Å². The molecule has 0 radical (unpaired) electrons. The van der Waals surface area contributed by atoms with E-state index in [2.05, 4.69) is 5.32 Å². The number of carbonyl (C=O) groups excluding carboxylic acids is 2. The third kappa shape index (κ3) is 3.27. The summed E-state index contributed by atoms with van der Waals surface area (Å²) in [5.74, 6) is -1.25. The van der Waals surface area contributed by atoms with E-state index in [4.69, 9.17) is 4.74 Å². The molecule has 0 amide bonds. The van der Waals surface area contributed by atoms with Gasteiger partial charge < -0.3 is 14.6 Å². The molecule has 0 bridgehead atoms. The Morgan fingerprint density at radius 3 is 2.71 bits per heavy atom. The molecule has 2 unspecified atom stereocenters. The number of aromatic nitrogens is 1. The highest BCUT2D eigenvalue weighted by Gasteiger charge is 2.41. The molecular formula is C22H29FN2O3. The number of esters is 1. The number of ether oxygens (including phenoxy) is 1. The highest BCUT2D eigenvalue weighted by Crippen LogP contribution is 2.43. The van der Waals surface area contributed by atoms with Crippen molar-refractivity contribution in [3.8, 4) is 0 Å². The Balaban J connectivity index is 1.72. The fourth-order valence-corrected chi connectivity index (χ4v) is 5.04. The topological polar surface area (TPSA) is 60.3 Å². The van der Waals surface area contributed by atoms with Gasteiger partial charge in [-0.1, -0.05) is 26.2 Å². The van der Waals surface area contributed by atoms with Gasteiger partial charge in [-0.2, -0.15) is 0 Å². The molecule has 1 N–H and O–H groups in total. The summed E-state index contributed by atoms with van der Waals surface area (Å²) < 4.78 is 22.2. The lowest BCUT2D eigenvalue weighted by molar-refractivity contribution is -0.147. The number of carbonyl (C=O) groups is 2. The molecule has 1 aliphatic heterocycles. The SMILES string of the molecule is CCOC(=O)C1CCC(C)C2=C1C(=O)Cc1c(F)c(NC3CCCCC3)cn12. The zero-order valence-corrected chi connectivity index (χ0v) is 16.7. The van der Waals surface area contributed by atoms with E-state index in [1.807, 2.05) is 11.5 Å². The van der Waals surface area contributed by atoms with Gasteiger partial charge in [0.2, 0.25) is 0 Å². The zero-order valence-electron chi connectivity index (χ0n) is 16.7. The van der Waals surface area contributed by atoms with Crippen LogP contribution in [0.25, 0.3) is 5.70 Å². The van der Waals surface area contributed by atoms with Crippen LogP contribution in [0.2, 0.25) is 0 Å². The maximum absolute atomic E-state index is 15.2. The number of ketones is 1. The zero-order chi connectivity index (χ0) is 19.8. The third-order valence-corrected chi connectivity index (χ3v) is 6.44. The summed E-state index contributed by atoms with van der Waals surface area (Å²) in [7, 11) is 0. The fraction of sp³-hybridized carbons (Fsp3) is 0.636. The molecule has 1 aromatic rings. The van der Waals surface area contributed by atoms with Crippen molar-refractivity contribution >= 4 is 23.1 Å². The van der Waals surface area contributed by atoms with E-state index in [9.17, 15) is 9.59 Å². The normalized spacial score (nSPS) is 25.3. The van der Waals surface area contributed by atoms with E-state index < -0.39 is 5.92 Å². The number of Topliss-reactive ketones (excluding diaryl/α,β-unsaturated/α-hetero) is 1. The Hall–Kier alpha value is -2.11. The standard InChI is InChI=1S/C22H29FN2O3/c1-3-28-22(27)15-10-9-13(2)21-19(15)18(26)11-17-20(23)16(12-25(17)21)24-14-7-5-4-6-8-14/h12-15,24H,3-11H2,1-2H3.